The number of hydrogen-bond acceptors (Lipinski definition) is 18. The van der Waals surface area contributed by atoms with Crippen molar-refractivity contribution in [2.75, 3.05) is 128 Å². The zero-order valence-electron chi connectivity index (χ0n) is 50.3. The first-order valence-corrected chi connectivity index (χ1v) is 23.6. The Bertz CT molecular complexity index is 2640. The third-order valence-corrected chi connectivity index (χ3v) is 10.7. The first-order valence-electron chi connectivity index (χ1n) is 23.6. The van der Waals surface area contributed by atoms with Gasteiger partial charge in [-0.3, -0.25) is 0 Å². The number of ether oxygens (including phenoxy) is 18. The second-order valence-electron chi connectivity index (χ2n) is 15.0. The minimum atomic E-state index is 0. The van der Waals surface area contributed by atoms with E-state index in [2.05, 4.69) is 29.1 Å². The van der Waals surface area contributed by atoms with Crippen molar-refractivity contribution >= 4 is 34.1 Å². The van der Waals surface area contributed by atoms with E-state index >= 15 is 0 Å². The quantitative estimate of drug-likeness (QED) is 0.0737. The molecule has 0 aromatic heterocycles. The summed E-state index contributed by atoms with van der Waals surface area (Å²) in [5.41, 5.74) is 2.75. The first-order chi connectivity index (χ1) is 40.6. The van der Waals surface area contributed by atoms with Crippen LogP contribution in [0.15, 0.2) is 72.8 Å². The molecule has 0 atom stereocenters. The summed E-state index contributed by atoms with van der Waals surface area (Å²) in [7, 11) is 27.4. The maximum Gasteiger partial charge on any atom is 6.00 e. The van der Waals surface area contributed by atoms with Gasteiger partial charge in [-0.1, -0.05) is 0 Å². The molecule has 0 amide bonds. The van der Waals surface area contributed by atoms with Gasteiger partial charge in [-0.05, 0) is 72.8 Å². The van der Waals surface area contributed by atoms with Crippen LogP contribution in [-0.4, -0.2) is 128 Å². The van der Waals surface area contributed by atoms with Gasteiger partial charge in [-0.2, -0.15) is 0 Å². The van der Waals surface area contributed by atoms with Crippen LogP contribution >= 0.6 is 0 Å². The fourth-order valence-corrected chi connectivity index (χ4v) is 6.79. The van der Waals surface area contributed by atoms with Crippen LogP contribution in [0.5, 0.6) is 103 Å². The summed E-state index contributed by atoms with van der Waals surface area (Å²) in [4.78, 5) is 19.8. The fourth-order valence-electron chi connectivity index (χ4n) is 6.79. The molecule has 0 aliphatic carbocycles. The van der Waals surface area contributed by atoms with Gasteiger partial charge in [-0.15, -0.1) is 0 Å². The molecule has 0 N–H and O–H groups in total. The normalized spacial score (nSPS) is 8.89. The van der Waals surface area contributed by atoms with E-state index in [0.717, 1.165) is 0 Å². The molecule has 6 rings (SSSR count). The van der Waals surface area contributed by atoms with Crippen molar-refractivity contribution in [3.05, 3.63) is 141 Å². The van der Waals surface area contributed by atoms with Gasteiger partial charge in [0.05, 0.1) is 167 Å². The van der Waals surface area contributed by atoms with Crippen LogP contribution in [-0.2, 0) is 20.1 Å². The second kappa shape index (κ2) is 40.5. The van der Waals surface area contributed by atoms with Gasteiger partial charge in [0.2, 0.25) is 34.5 Å². The Labute approximate surface area is 510 Å². The average Bonchev–Trinajstić information content (AvgIpc) is 3.76. The van der Waals surface area contributed by atoms with E-state index in [1.54, 1.807) is 72.8 Å². The van der Waals surface area contributed by atoms with Crippen LogP contribution in [0.1, 0.15) is 0 Å². The number of hydrogen-bond donors (Lipinski definition) is 0. The van der Waals surface area contributed by atoms with Crippen molar-refractivity contribution in [1.29, 1.82) is 0 Å². The maximum atomic E-state index is 6.89. The summed E-state index contributed by atoms with van der Waals surface area (Å²) < 4.78 is 91.5. The van der Waals surface area contributed by atoms with Gasteiger partial charge in [-0.25, -0.2) is 29.1 Å². The smallest absolute Gasteiger partial charge is 0.494 e. The Morgan fingerprint density at radius 2 is 0.259 bits per heavy atom. The molecular weight excluding hydrogens is 1190 g/mol. The predicted octanol–water partition coefficient (Wildman–Crippen LogP) is 13.6. The van der Waals surface area contributed by atoms with E-state index in [1.807, 2.05) is 0 Å². The third-order valence-electron chi connectivity index (χ3n) is 10.7. The summed E-state index contributed by atoms with van der Waals surface area (Å²) in [5.74, 6) is 8.99. The SMILES string of the molecule is [C-]#[N+]c1cc(OC)c(OC)c(OC)c1.[C-]#[N+]c1cc(OC)c(OC)c(OC)c1.[C-]#[N+]c1cc(OC)c(OC)c(OC)c1.[C-]#[N+]c1cc(OC)c(OC)c(OC)c1.[C-]#[N+]c1cc(OC)c(OC)c(OC)c1.[C-]#[N+]c1cc(OC)c(OC)c(OC)c1.[Tc+6]. The molecule has 0 spiro atoms. The van der Waals surface area contributed by atoms with E-state index in [1.165, 1.54) is 128 Å². The molecule has 0 fully saturated rings. The van der Waals surface area contributed by atoms with E-state index < -0.39 is 0 Å². The van der Waals surface area contributed by atoms with Crippen molar-refractivity contribution in [3.8, 4) is 103 Å². The second-order valence-corrected chi connectivity index (χ2v) is 15.0. The standard InChI is InChI=1S/6C10H11NO3.Tc/c6*1-11-7-5-8(12-2)10(14-4)9(6-7)13-3;/h6*5-6H,2-4H3;/q;;;;;;+6. The monoisotopic (exact) mass is 1260 g/mol. The Kier molecular flexibility index (Phi) is 35.4. The van der Waals surface area contributed by atoms with Crippen molar-refractivity contribution < 1.29 is 105 Å². The third kappa shape index (κ3) is 21.0. The summed E-state index contributed by atoms with van der Waals surface area (Å²) in [6, 6.07) is 19.3. The summed E-state index contributed by atoms with van der Waals surface area (Å²) in [6.45, 7) is 41.3. The first kappa shape index (κ1) is 74.3. The van der Waals surface area contributed by atoms with Crippen LogP contribution in [0.2, 0.25) is 0 Å². The maximum absolute atomic E-state index is 6.89. The zero-order valence-corrected chi connectivity index (χ0v) is 52.2. The Hall–Kier alpha value is -10.7. The number of nitrogens with zero attached hydrogens (tertiary/aromatic N) is 6. The van der Waals surface area contributed by atoms with Gasteiger partial charge in [0.15, 0.2) is 103 Å². The molecular formula is C60H66N6O18Tc+6. The van der Waals surface area contributed by atoms with Gasteiger partial charge in [0, 0.05) is 0 Å². The molecule has 1 radical (unpaired) electrons. The summed E-state index contributed by atoms with van der Waals surface area (Å²) >= 11 is 0. The minimum Gasteiger partial charge on any atom is -0.494 e. The molecule has 0 saturated heterocycles. The molecule has 85 heavy (non-hydrogen) atoms. The molecule has 0 bridgehead atoms. The van der Waals surface area contributed by atoms with Crippen LogP contribution in [0.4, 0.5) is 34.1 Å². The molecule has 0 aliphatic rings. The van der Waals surface area contributed by atoms with Gasteiger partial charge in [0.1, 0.15) is 0 Å². The van der Waals surface area contributed by atoms with Crippen LogP contribution < -0.4 is 85.3 Å². The van der Waals surface area contributed by atoms with E-state index in [0.29, 0.717) is 138 Å². The number of methoxy groups -OCH3 is 18. The van der Waals surface area contributed by atoms with Gasteiger partial charge >= 0.3 is 20.1 Å². The van der Waals surface area contributed by atoms with Gasteiger partial charge < -0.3 is 85.3 Å². The van der Waals surface area contributed by atoms with Crippen LogP contribution in [0.3, 0.4) is 0 Å². The average molecular weight is 1260 g/mol. The Morgan fingerprint density at radius 3 is 0.306 bits per heavy atom. The molecule has 6 aromatic carbocycles. The zero-order chi connectivity index (χ0) is 63.3. The molecule has 24 nitrogen and oxygen atoms in total. The fraction of sp³-hybridized carbons (Fsp3) is 0.300. The van der Waals surface area contributed by atoms with Crippen molar-refractivity contribution in [2.24, 2.45) is 0 Å². The number of benzene rings is 6. The van der Waals surface area contributed by atoms with Gasteiger partial charge in [0.25, 0.3) is 0 Å². The Morgan fingerprint density at radius 1 is 0.176 bits per heavy atom. The topological polar surface area (TPSA) is 192 Å². The molecule has 6 aromatic rings. The Balaban J connectivity index is 0.000000994. The van der Waals surface area contributed by atoms with Crippen molar-refractivity contribution in [2.45, 2.75) is 0 Å². The van der Waals surface area contributed by atoms with Crippen LogP contribution in [0.25, 0.3) is 29.1 Å². The summed E-state index contributed by atoms with van der Waals surface area (Å²) in [6.07, 6.45) is 0. The largest absolute Gasteiger partial charge is 6.00 e. The molecule has 0 saturated carbocycles. The molecule has 0 aliphatic heterocycles. The molecule has 445 valence electrons. The van der Waals surface area contributed by atoms with E-state index in [4.69, 9.17) is 125 Å². The van der Waals surface area contributed by atoms with Crippen molar-refractivity contribution in [3.63, 3.8) is 0 Å². The predicted molar refractivity (Wildman–Crippen MR) is 314 cm³/mol. The van der Waals surface area contributed by atoms with Crippen LogP contribution in [0, 0.1) is 39.4 Å². The molecule has 0 unspecified atom stereocenters. The minimum absolute atomic E-state index is 0. The number of rotatable bonds is 18. The molecule has 25 heteroatoms. The summed E-state index contributed by atoms with van der Waals surface area (Å²) in [5, 5.41) is 0. The van der Waals surface area contributed by atoms with Crippen molar-refractivity contribution in [1.82, 2.24) is 0 Å². The molecule has 0 heterocycles. The van der Waals surface area contributed by atoms with E-state index in [9.17, 15) is 0 Å². The van der Waals surface area contributed by atoms with E-state index in [-0.39, 0.29) is 20.1 Å².